The highest BCUT2D eigenvalue weighted by Crippen LogP contribution is 2.65. The molecular formula is C63H56F2N2O20. The molecule has 10 rings (SSSR count). The van der Waals surface area contributed by atoms with Crippen LogP contribution in [-0.2, 0) is 47.6 Å². The number of phenolic OH excluding ortho intramolecular Hbond substituents is 1. The maximum absolute atomic E-state index is 16.3. The highest BCUT2D eigenvalue weighted by molar-refractivity contribution is 6.09. The second-order valence-corrected chi connectivity index (χ2v) is 22.6. The molecule has 6 aliphatic rings. The molecule has 1 unspecified atom stereocenters. The summed E-state index contributed by atoms with van der Waals surface area (Å²) in [5, 5.41) is 39.1. The highest BCUT2D eigenvalue weighted by Gasteiger charge is 2.79. The number of phenols is 1. The van der Waals surface area contributed by atoms with Gasteiger partial charge in [0.25, 0.3) is 11.8 Å². The monoisotopic (exact) mass is 1200 g/mol. The first-order valence-electron chi connectivity index (χ1n) is 27.3. The second kappa shape index (κ2) is 22.6. The molecule has 0 radical (unpaired) electrons. The number of alkyl carbamates (subject to hydrolysis) is 1. The fraction of sp³-hybridized carbons (Fsp3) is 0.333. The minimum Gasteiger partial charge on any atom is -0.505 e. The number of hydrogen-bond donors (Lipinski definition) is 5. The van der Waals surface area contributed by atoms with Crippen molar-refractivity contribution in [2.45, 2.75) is 103 Å². The number of carbonyl (C=O) groups excluding carboxylic acids is 8. The van der Waals surface area contributed by atoms with E-state index in [-0.39, 0.29) is 61.3 Å². The fourth-order valence-electron chi connectivity index (χ4n) is 12.9. The number of rotatable bonds is 13. The van der Waals surface area contributed by atoms with E-state index in [1.165, 1.54) is 76.2 Å². The molecule has 2 saturated carbocycles. The van der Waals surface area contributed by atoms with E-state index in [0.717, 1.165) is 44.2 Å². The van der Waals surface area contributed by atoms with Gasteiger partial charge in [0.1, 0.15) is 41.4 Å². The van der Waals surface area contributed by atoms with E-state index in [0.29, 0.717) is 0 Å². The zero-order valence-corrected chi connectivity index (χ0v) is 47.4. The minimum absolute atomic E-state index is 0.0371. The summed E-state index contributed by atoms with van der Waals surface area (Å²) in [5.41, 5.74) is -11.2. The highest BCUT2D eigenvalue weighted by atomic mass is 19.1. The Balaban J connectivity index is 1.00. The van der Waals surface area contributed by atoms with Crippen molar-refractivity contribution in [3.05, 3.63) is 158 Å². The van der Waals surface area contributed by atoms with E-state index >= 15 is 4.79 Å². The van der Waals surface area contributed by atoms with Crippen LogP contribution in [0.2, 0.25) is 0 Å². The SMILES string of the molecule is CC(=O)O[C@H]1C(=O)[C@@]2(C)C([C@H](OC(=O)c3ccccc3)[C@]3(O)C[C@H](OC(=O)NC(=O)c4ccccc4)C(C)=C1C3(C)C)[C@]1(OC(C)=O)CO[C@@H]1C[C@@H]2OC(=O)CCNC(=O)c1ccc(-c2c3cc(F)c(=O)cc-3oc3cc(O)c(F)cc23)c(C(=O)O)c1. The summed E-state index contributed by atoms with van der Waals surface area (Å²) in [4.78, 5) is 138. The predicted octanol–water partition coefficient (Wildman–Crippen LogP) is 7.16. The van der Waals surface area contributed by atoms with Crippen molar-refractivity contribution in [2.75, 3.05) is 13.2 Å². The first kappa shape index (κ1) is 60.4. The first-order valence-corrected chi connectivity index (χ1v) is 27.3. The topological polar surface area (TPSA) is 324 Å². The average Bonchev–Trinajstić information content (AvgIpc) is 0.683. The van der Waals surface area contributed by atoms with Gasteiger partial charge in [-0.05, 0) is 79.1 Å². The number of Topliss-reactive ketones (excluding diaryl/α,β-unsaturated/α-hetero) is 1. The largest absolute Gasteiger partial charge is 0.505 e. The number of halogens is 2. The lowest BCUT2D eigenvalue weighted by Gasteiger charge is -2.67. The summed E-state index contributed by atoms with van der Waals surface area (Å²) in [6.45, 7) is 6.86. The zero-order chi connectivity index (χ0) is 62.8. The van der Waals surface area contributed by atoms with E-state index in [9.17, 15) is 67.3 Å². The number of imide groups is 1. The van der Waals surface area contributed by atoms with Gasteiger partial charge in [0, 0.05) is 78.4 Å². The molecule has 0 spiro atoms. The molecule has 4 aliphatic carbocycles. The van der Waals surface area contributed by atoms with Gasteiger partial charge < -0.3 is 53.5 Å². The van der Waals surface area contributed by atoms with Gasteiger partial charge in [-0.15, -0.1) is 0 Å². The maximum atomic E-state index is 16.3. The van der Waals surface area contributed by atoms with Gasteiger partial charge in [-0.3, -0.25) is 38.9 Å². The van der Waals surface area contributed by atoms with Crippen LogP contribution in [-0.4, -0.2) is 124 Å². The molecule has 4 aromatic rings. The van der Waals surface area contributed by atoms with Crippen molar-refractivity contribution in [1.82, 2.24) is 10.6 Å². The molecule has 22 nitrogen and oxygen atoms in total. The Morgan fingerprint density at radius 2 is 1.44 bits per heavy atom. The van der Waals surface area contributed by atoms with Crippen molar-refractivity contribution in [2.24, 2.45) is 16.7 Å². The van der Waals surface area contributed by atoms with E-state index < -0.39 is 173 Å². The van der Waals surface area contributed by atoms with Gasteiger partial charge in [-0.1, -0.05) is 56.3 Å². The van der Waals surface area contributed by atoms with E-state index in [4.69, 9.17) is 32.8 Å². The van der Waals surface area contributed by atoms with Gasteiger partial charge >= 0.3 is 35.9 Å². The van der Waals surface area contributed by atoms with Crippen LogP contribution >= 0.6 is 0 Å². The van der Waals surface area contributed by atoms with Crippen molar-refractivity contribution in [3.63, 3.8) is 0 Å². The minimum atomic E-state index is -2.55. The summed E-state index contributed by atoms with van der Waals surface area (Å²) >= 11 is 0. The molecule has 9 atom stereocenters. The molecule has 452 valence electrons. The summed E-state index contributed by atoms with van der Waals surface area (Å²) in [7, 11) is 0. The number of nitrogens with one attached hydrogen (secondary N) is 2. The Kier molecular flexibility index (Phi) is 15.7. The van der Waals surface area contributed by atoms with Gasteiger partial charge in [0.05, 0.1) is 35.5 Å². The number of carboxylic acids is 1. The summed E-state index contributed by atoms with van der Waals surface area (Å²) in [5.74, 6) is -13.7. The van der Waals surface area contributed by atoms with Crippen LogP contribution in [0.5, 0.6) is 5.75 Å². The first-order chi connectivity index (χ1) is 41.1. The third-order valence-electron chi connectivity index (χ3n) is 17.2. The van der Waals surface area contributed by atoms with Crippen LogP contribution in [0.15, 0.2) is 123 Å². The number of aliphatic hydroxyl groups is 1. The van der Waals surface area contributed by atoms with Crippen molar-refractivity contribution in [1.29, 1.82) is 0 Å². The van der Waals surface area contributed by atoms with Crippen molar-refractivity contribution in [3.8, 4) is 28.2 Å². The number of carboxylic acid groups (broad SMARTS) is 1. The number of ketones is 1. The summed E-state index contributed by atoms with van der Waals surface area (Å²) in [6, 6.07) is 21.8. The molecule has 2 aliphatic heterocycles. The normalized spacial score (nSPS) is 25.2. The number of esters is 4. The smallest absolute Gasteiger partial charge is 0.414 e. The van der Waals surface area contributed by atoms with Crippen LogP contribution in [0, 0.1) is 28.4 Å². The Bertz CT molecular complexity index is 3960. The van der Waals surface area contributed by atoms with Gasteiger partial charge in [-0.2, -0.15) is 0 Å². The molecule has 0 aromatic heterocycles. The molecule has 2 heterocycles. The number of aromatic hydroxyl groups is 1. The third kappa shape index (κ3) is 10.5. The average molecular weight is 1200 g/mol. The third-order valence-corrected chi connectivity index (χ3v) is 17.2. The number of hydrogen-bond acceptors (Lipinski definition) is 19. The molecule has 24 heteroatoms. The van der Waals surface area contributed by atoms with Crippen LogP contribution in [0.1, 0.15) is 102 Å². The van der Waals surface area contributed by atoms with E-state index in [1.807, 2.05) is 0 Å². The summed E-state index contributed by atoms with van der Waals surface area (Å²) in [6.07, 6.45) is -11.5. The van der Waals surface area contributed by atoms with Crippen LogP contribution in [0.4, 0.5) is 13.6 Å². The van der Waals surface area contributed by atoms with Gasteiger partial charge in [0.15, 0.2) is 34.9 Å². The number of carbonyl (C=O) groups is 9. The molecule has 5 N–H and O–H groups in total. The van der Waals surface area contributed by atoms with Crippen LogP contribution in [0.25, 0.3) is 33.4 Å². The Labute approximate surface area is 492 Å². The Morgan fingerprint density at radius 3 is 2.07 bits per heavy atom. The number of amides is 3. The molecule has 1 saturated heterocycles. The van der Waals surface area contributed by atoms with E-state index in [1.54, 1.807) is 24.3 Å². The Morgan fingerprint density at radius 1 is 0.759 bits per heavy atom. The van der Waals surface area contributed by atoms with Gasteiger partial charge in [0.2, 0.25) is 5.43 Å². The lowest BCUT2D eigenvalue weighted by atomic mass is 9.44. The molecule has 87 heavy (non-hydrogen) atoms. The predicted molar refractivity (Wildman–Crippen MR) is 297 cm³/mol. The molecule has 3 amide bonds. The number of ether oxygens (including phenoxy) is 6. The van der Waals surface area contributed by atoms with Crippen LogP contribution in [0.3, 0.4) is 0 Å². The molecule has 2 bridgehead atoms. The van der Waals surface area contributed by atoms with Gasteiger partial charge in [-0.25, -0.2) is 23.2 Å². The zero-order valence-electron chi connectivity index (χ0n) is 47.4. The van der Waals surface area contributed by atoms with Crippen molar-refractivity contribution >= 4 is 64.5 Å². The molecular weight excluding hydrogens is 1140 g/mol. The number of benzene rings is 5. The lowest BCUT2D eigenvalue weighted by Crippen LogP contribution is -2.82. The maximum Gasteiger partial charge on any atom is 0.414 e. The number of fused-ring (bicyclic) bond motifs is 7. The second-order valence-electron chi connectivity index (χ2n) is 22.6. The lowest BCUT2D eigenvalue weighted by molar-refractivity contribution is -0.346. The molecule has 4 aromatic carbocycles. The van der Waals surface area contributed by atoms with Crippen molar-refractivity contribution < 1.29 is 100 Å². The standard InChI is InChI=1S/C63H56F2N2O20/c1-29-45(84-59(79)67-56(75)32-13-9-7-10-14-32)27-63(80)54(86-58(78)33-15-11-8-12-16-33)52-61(6,53(73)51(82-30(2)68)50(29)60(63,4)5)46(26-47-62(52,28-81-47)87-31(3)69)85-48(72)19-20-66-55(74)34-17-18-35(36(21-34)57(76)77)49-37-22-39(64)41(70)24-43(37)83-44-25-42(71)40(65)23-38(44)49/h7-18,21-25,45-47,51-52,54,70,80H,19-20,26-28H2,1-6H3,(H,66,74)(H,76,77)(H,67,75,79)/t45-,46-,47+,51+,52?,54-,61+,62-,63+/m0/s1. The van der Waals surface area contributed by atoms with E-state index in [2.05, 4.69) is 10.6 Å². The molecule has 3 fully saturated rings. The number of aromatic carboxylic acids is 1. The Hall–Kier alpha value is -9.68. The van der Waals surface area contributed by atoms with Crippen LogP contribution < -0.4 is 16.1 Å². The fourth-order valence-corrected chi connectivity index (χ4v) is 12.9. The summed E-state index contributed by atoms with van der Waals surface area (Å²) < 4.78 is 72.3. The quantitative estimate of drug-likeness (QED) is 0.0331.